The van der Waals surface area contributed by atoms with E-state index in [9.17, 15) is 9.18 Å². The molecule has 1 saturated carbocycles. The normalized spacial score (nSPS) is 13.7. The van der Waals surface area contributed by atoms with Crippen molar-refractivity contribution in [3.63, 3.8) is 0 Å². The van der Waals surface area contributed by atoms with E-state index in [4.69, 9.17) is 9.97 Å². The molecule has 0 saturated heterocycles. The first-order chi connectivity index (χ1) is 21.9. The predicted molar refractivity (Wildman–Crippen MR) is 173 cm³/mol. The number of nitrogens with zero attached hydrogens (tertiary/aromatic N) is 6. The average molecular weight is 605 g/mol. The van der Waals surface area contributed by atoms with Gasteiger partial charge in [-0.3, -0.25) is 14.9 Å². The van der Waals surface area contributed by atoms with Crippen LogP contribution in [0.1, 0.15) is 25.7 Å². The van der Waals surface area contributed by atoms with E-state index < -0.39 is 0 Å². The van der Waals surface area contributed by atoms with Gasteiger partial charge in [-0.2, -0.15) is 5.10 Å². The third-order valence-electron chi connectivity index (χ3n) is 8.15. The second kappa shape index (κ2) is 12.0. The molecule has 1 fully saturated rings. The summed E-state index contributed by atoms with van der Waals surface area (Å²) in [6.07, 6.45) is 9.08. The van der Waals surface area contributed by atoms with Crippen molar-refractivity contribution >= 4 is 39.5 Å². The van der Waals surface area contributed by atoms with E-state index in [1.54, 1.807) is 18.6 Å². The number of pyridine rings is 3. The zero-order valence-electron chi connectivity index (χ0n) is 25.1. The molecule has 1 aliphatic carbocycles. The van der Waals surface area contributed by atoms with E-state index in [0.717, 1.165) is 48.9 Å². The van der Waals surface area contributed by atoms with Crippen LogP contribution in [0.2, 0.25) is 0 Å². The highest BCUT2D eigenvalue weighted by molar-refractivity contribution is 5.96. The van der Waals surface area contributed by atoms with Crippen molar-refractivity contribution < 1.29 is 9.18 Å². The van der Waals surface area contributed by atoms with Gasteiger partial charge in [-0.15, -0.1) is 0 Å². The minimum Gasteiger partial charge on any atom is -0.384 e. The van der Waals surface area contributed by atoms with Crippen LogP contribution in [0, 0.1) is 11.7 Å². The molecule has 11 nitrogen and oxygen atoms in total. The summed E-state index contributed by atoms with van der Waals surface area (Å²) in [6, 6.07) is 12.4. The number of amides is 1. The predicted octanol–water partition coefficient (Wildman–Crippen LogP) is 5.87. The first-order valence-corrected chi connectivity index (χ1v) is 15.1. The molecule has 0 aliphatic heterocycles. The molecule has 6 aromatic rings. The number of nitrogens with one attached hydrogen (secondary N) is 4. The summed E-state index contributed by atoms with van der Waals surface area (Å²) in [5, 5.41) is 13.9. The molecule has 45 heavy (non-hydrogen) atoms. The lowest BCUT2D eigenvalue weighted by atomic mass is 10.0. The fraction of sp³-hybridized carbons (Fsp3) is 0.273. The molecule has 5 heterocycles. The maximum absolute atomic E-state index is 14.7. The van der Waals surface area contributed by atoms with Gasteiger partial charge in [-0.05, 0) is 75.0 Å². The Bertz CT molecular complexity index is 2010. The quantitative estimate of drug-likeness (QED) is 0.161. The van der Waals surface area contributed by atoms with Crippen molar-refractivity contribution in [1.82, 2.24) is 40.0 Å². The summed E-state index contributed by atoms with van der Waals surface area (Å²) in [5.74, 6) is 0.247. The van der Waals surface area contributed by atoms with Gasteiger partial charge in [-0.1, -0.05) is 12.8 Å². The van der Waals surface area contributed by atoms with Gasteiger partial charge < -0.3 is 20.5 Å². The second-order valence-electron chi connectivity index (χ2n) is 11.7. The Morgan fingerprint density at radius 1 is 1.02 bits per heavy atom. The van der Waals surface area contributed by atoms with Crippen molar-refractivity contribution in [2.45, 2.75) is 25.7 Å². The number of halogens is 1. The van der Waals surface area contributed by atoms with Crippen LogP contribution in [-0.4, -0.2) is 73.1 Å². The van der Waals surface area contributed by atoms with E-state index >= 15 is 0 Å². The number of anilines is 2. The molecule has 0 bridgehead atoms. The summed E-state index contributed by atoms with van der Waals surface area (Å²) in [7, 11) is 3.99. The molecule has 5 aromatic heterocycles. The Hall–Kier alpha value is -5.23. The van der Waals surface area contributed by atoms with Crippen molar-refractivity contribution in [3.05, 3.63) is 66.9 Å². The van der Waals surface area contributed by atoms with E-state index in [-0.39, 0.29) is 17.6 Å². The summed E-state index contributed by atoms with van der Waals surface area (Å²) in [6.45, 7) is 1.51. The number of carbonyl (C=O) groups excluding carboxylic acids is 1. The molecule has 0 unspecified atom stereocenters. The number of aromatic amines is 2. The van der Waals surface area contributed by atoms with Gasteiger partial charge in [0, 0.05) is 48.2 Å². The molecule has 0 radical (unpaired) electrons. The molecule has 1 aromatic carbocycles. The van der Waals surface area contributed by atoms with Crippen LogP contribution >= 0.6 is 0 Å². The van der Waals surface area contributed by atoms with Gasteiger partial charge in [0.25, 0.3) is 0 Å². The monoisotopic (exact) mass is 604 g/mol. The third kappa shape index (κ3) is 5.96. The Labute approximate surface area is 258 Å². The number of benzene rings is 1. The highest BCUT2D eigenvalue weighted by Crippen LogP contribution is 2.33. The lowest BCUT2D eigenvalue weighted by Crippen LogP contribution is -2.20. The highest BCUT2D eigenvalue weighted by atomic mass is 19.1. The van der Waals surface area contributed by atoms with Crippen LogP contribution < -0.4 is 10.6 Å². The first kappa shape index (κ1) is 28.5. The van der Waals surface area contributed by atoms with Crippen molar-refractivity contribution in [3.8, 4) is 33.9 Å². The van der Waals surface area contributed by atoms with Crippen molar-refractivity contribution in [2.24, 2.45) is 5.92 Å². The summed E-state index contributed by atoms with van der Waals surface area (Å²) in [5.41, 5.74) is 7.28. The fourth-order valence-electron chi connectivity index (χ4n) is 5.84. The van der Waals surface area contributed by atoms with E-state index in [1.165, 1.54) is 12.1 Å². The Kier molecular flexibility index (Phi) is 7.64. The van der Waals surface area contributed by atoms with Crippen molar-refractivity contribution in [2.75, 3.05) is 37.8 Å². The lowest BCUT2D eigenvalue weighted by molar-refractivity contribution is -0.119. The van der Waals surface area contributed by atoms with Gasteiger partial charge >= 0.3 is 0 Å². The van der Waals surface area contributed by atoms with Crippen LogP contribution in [0.15, 0.2) is 61.1 Å². The maximum Gasteiger partial charge on any atom is 0.227 e. The largest absolute Gasteiger partial charge is 0.384 e. The Morgan fingerprint density at radius 2 is 1.87 bits per heavy atom. The molecule has 4 N–H and O–H groups in total. The lowest BCUT2D eigenvalue weighted by Gasteiger charge is -2.13. The molecular formula is C33H33FN10O. The van der Waals surface area contributed by atoms with Gasteiger partial charge in [0.1, 0.15) is 11.3 Å². The zero-order valence-corrected chi connectivity index (χ0v) is 25.1. The number of carbonyl (C=O) groups is 1. The molecule has 1 amide bonds. The molecule has 7 rings (SSSR count). The molecule has 228 valence electrons. The standard InChI is InChI=1S/C33H33FN10O/c1-44(2)12-11-36-23-14-20(13-22(34)16-23)25-9-10-37-31-28(25)40-32(41-31)30-29-27(42-43-30)8-7-26(39-29)21-15-24(18-35-17-21)38-33(45)19-5-3-4-6-19/h7-10,13-19,36H,3-6,11-12H2,1-2H3,(H,38,45)(H,42,43)(H,37,40,41). The van der Waals surface area contributed by atoms with Gasteiger partial charge in [0.05, 0.1) is 28.6 Å². The SMILES string of the molecule is CN(C)CCNc1cc(F)cc(-c2ccnc3nc(-c4n[nH]c5ccc(-c6cncc(NC(=O)C7CCCC7)c6)nc45)[nH]c23)c1. The van der Waals surface area contributed by atoms with Crippen LogP contribution in [0.3, 0.4) is 0 Å². The molecule has 0 atom stereocenters. The van der Waals surface area contributed by atoms with Crippen molar-refractivity contribution in [1.29, 1.82) is 0 Å². The number of hydrogen-bond acceptors (Lipinski definition) is 8. The minimum atomic E-state index is -0.337. The number of fused-ring (bicyclic) bond motifs is 2. The summed E-state index contributed by atoms with van der Waals surface area (Å²) >= 11 is 0. The van der Waals surface area contributed by atoms with Crippen LogP contribution in [-0.2, 0) is 4.79 Å². The summed E-state index contributed by atoms with van der Waals surface area (Å²) < 4.78 is 14.7. The average Bonchev–Trinajstić information content (AvgIpc) is 3.80. The van der Waals surface area contributed by atoms with Gasteiger partial charge in [-0.25, -0.2) is 19.3 Å². The van der Waals surface area contributed by atoms with E-state index in [0.29, 0.717) is 57.4 Å². The summed E-state index contributed by atoms with van der Waals surface area (Å²) in [4.78, 5) is 36.6. The molecular weight excluding hydrogens is 571 g/mol. The maximum atomic E-state index is 14.7. The smallest absolute Gasteiger partial charge is 0.227 e. The number of hydrogen-bond donors (Lipinski definition) is 4. The van der Waals surface area contributed by atoms with E-state index in [1.807, 2.05) is 44.4 Å². The number of likely N-dealkylation sites (N-methyl/N-ethyl adjacent to an activating group) is 1. The molecule has 12 heteroatoms. The van der Waals surface area contributed by atoms with E-state index in [2.05, 4.69) is 40.7 Å². The van der Waals surface area contributed by atoms with Crippen LogP contribution in [0.4, 0.5) is 15.8 Å². The van der Waals surface area contributed by atoms with Gasteiger partial charge in [0.2, 0.25) is 5.91 Å². The topological polar surface area (TPSA) is 140 Å². The second-order valence-corrected chi connectivity index (χ2v) is 11.7. The molecule has 1 aliphatic rings. The van der Waals surface area contributed by atoms with Gasteiger partial charge in [0.15, 0.2) is 17.2 Å². The van der Waals surface area contributed by atoms with Crippen LogP contribution in [0.25, 0.3) is 56.1 Å². The number of rotatable bonds is 9. The Morgan fingerprint density at radius 3 is 2.71 bits per heavy atom. The third-order valence-corrected chi connectivity index (χ3v) is 8.15. The highest BCUT2D eigenvalue weighted by Gasteiger charge is 2.23. The fourth-order valence-corrected chi connectivity index (χ4v) is 5.84. The minimum absolute atomic E-state index is 0.0416. The Balaban J connectivity index is 1.20. The zero-order chi connectivity index (χ0) is 30.9. The number of imidazole rings is 1. The number of aromatic nitrogens is 7. The first-order valence-electron chi connectivity index (χ1n) is 15.1. The van der Waals surface area contributed by atoms with Crippen LogP contribution in [0.5, 0.6) is 0 Å². The molecule has 0 spiro atoms. The number of H-pyrrole nitrogens is 2.